The van der Waals surface area contributed by atoms with Gasteiger partial charge in [0.05, 0.1) is 12.7 Å². The molecule has 2 atom stereocenters. The molecule has 0 bridgehead atoms. The van der Waals surface area contributed by atoms with Crippen LogP contribution in [-0.4, -0.2) is 24.9 Å². The summed E-state index contributed by atoms with van der Waals surface area (Å²) in [6, 6.07) is 4.65. The van der Waals surface area contributed by atoms with Crippen LogP contribution in [0.3, 0.4) is 0 Å². The lowest BCUT2D eigenvalue weighted by Crippen LogP contribution is -2.24. The Morgan fingerprint density at radius 3 is 2.69 bits per heavy atom. The van der Waals surface area contributed by atoms with E-state index in [4.69, 9.17) is 4.74 Å². The second-order valence-electron chi connectivity index (χ2n) is 3.98. The van der Waals surface area contributed by atoms with E-state index in [2.05, 4.69) is 15.9 Å². The number of aliphatic hydroxyl groups excluding tert-OH is 1. The van der Waals surface area contributed by atoms with Crippen LogP contribution in [0.15, 0.2) is 22.7 Å². The van der Waals surface area contributed by atoms with E-state index in [9.17, 15) is 9.50 Å². The Labute approximate surface area is 104 Å². The largest absolute Gasteiger partial charge is 0.392 e. The molecule has 4 heteroatoms. The highest BCUT2D eigenvalue weighted by atomic mass is 79.9. The van der Waals surface area contributed by atoms with Gasteiger partial charge in [0.15, 0.2) is 0 Å². The van der Waals surface area contributed by atoms with Crippen molar-refractivity contribution in [1.82, 2.24) is 0 Å². The third-order valence-corrected chi connectivity index (χ3v) is 2.91. The predicted molar refractivity (Wildman–Crippen MR) is 64.9 cm³/mol. The first-order valence-corrected chi connectivity index (χ1v) is 5.94. The first-order chi connectivity index (χ1) is 7.52. The Bertz CT molecular complexity index is 324. The van der Waals surface area contributed by atoms with Crippen LogP contribution >= 0.6 is 15.9 Å². The predicted octanol–water partition coefficient (Wildman–Crippen LogP) is 2.77. The summed E-state index contributed by atoms with van der Waals surface area (Å²) in [6.07, 6.45) is -0.0883. The van der Waals surface area contributed by atoms with Gasteiger partial charge in [0.25, 0.3) is 0 Å². The maximum absolute atomic E-state index is 13.1. The molecular formula is C12H16BrFO2. The van der Waals surface area contributed by atoms with Crippen molar-refractivity contribution in [1.29, 1.82) is 0 Å². The van der Waals surface area contributed by atoms with Gasteiger partial charge < -0.3 is 9.84 Å². The van der Waals surface area contributed by atoms with E-state index < -0.39 is 6.10 Å². The highest BCUT2D eigenvalue weighted by Gasteiger charge is 2.15. The van der Waals surface area contributed by atoms with Gasteiger partial charge in [-0.25, -0.2) is 4.39 Å². The van der Waals surface area contributed by atoms with Crippen LogP contribution < -0.4 is 0 Å². The third-order valence-electron chi connectivity index (χ3n) is 2.45. The van der Waals surface area contributed by atoms with E-state index in [1.165, 1.54) is 12.1 Å². The van der Waals surface area contributed by atoms with Crippen molar-refractivity contribution in [2.24, 2.45) is 5.92 Å². The van der Waals surface area contributed by atoms with Crippen molar-refractivity contribution >= 4 is 15.9 Å². The number of aliphatic hydroxyl groups is 1. The molecule has 2 unspecified atom stereocenters. The summed E-state index contributed by atoms with van der Waals surface area (Å²) in [4.78, 5) is 0. The number of benzene rings is 1. The summed E-state index contributed by atoms with van der Waals surface area (Å²) >= 11 is 3.22. The average molecular weight is 291 g/mol. The van der Waals surface area contributed by atoms with Crippen molar-refractivity contribution in [3.8, 4) is 0 Å². The van der Waals surface area contributed by atoms with Crippen molar-refractivity contribution < 1.29 is 14.2 Å². The number of methoxy groups -OCH3 is 1. The molecule has 0 aliphatic carbocycles. The molecule has 0 fully saturated rings. The van der Waals surface area contributed by atoms with Gasteiger partial charge in [0.2, 0.25) is 0 Å². The molecule has 0 amide bonds. The van der Waals surface area contributed by atoms with Gasteiger partial charge in [-0.15, -0.1) is 0 Å². The number of ether oxygens (including phenoxy) is 1. The molecule has 0 aliphatic heterocycles. The summed E-state index contributed by atoms with van der Waals surface area (Å²) in [5.74, 6) is -0.261. The summed E-state index contributed by atoms with van der Waals surface area (Å²) in [7, 11) is 1.60. The van der Waals surface area contributed by atoms with Crippen LogP contribution in [0.2, 0.25) is 0 Å². The van der Waals surface area contributed by atoms with Crippen LogP contribution in [0.5, 0.6) is 0 Å². The Morgan fingerprint density at radius 1 is 1.44 bits per heavy atom. The highest BCUT2D eigenvalue weighted by molar-refractivity contribution is 9.10. The van der Waals surface area contributed by atoms with E-state index in [1.807, 2.05) is 13.0 Å². The Morgan fingerprint density at radius 2 is 2.12 bits per heavy atom. The van der Waals surface area contributed by atoms with Gasteiger partial charge in [0, 0.05) is 17.5 Å². The summed E-state index contributed by atoms with van der Waals surface area (Å²) in [5, 5.41) is 9.87. The molecule has 1 aromatic carbocycles. The molecule has 0 aliphatic rings. The number of rotatable bonds is 5. The molecule has 0 saturated carbocycles. The second kappa shape index (κ2) is 6.33. The average Bonchev–Trinajstić information content (AvgIpc) is 2.16. The minimum absolute atomic E-state index is 0.0343. The molecule has 1 N–H and O–H groups in total. The van der Waals surface area contributed by atoms with Crippen LogP contribution in [0, 0.1) is 11.7 Å². The van der Waals surface area contributed by atoms with Gasteiger partial charge in [-0.2, -0.15) is 0 Å². The first kappa shape index (κ1) is 13.6. The van der Waals surface area contributed by atoms with Gasteiger partial charge in [-0.05, 0) is 30.2 Å². The fourth-order valence-electron chi connectivity index (χ4n) is 1.55. The molecule has 2 nitrogen and oxygen atoms in total. The zero-order valence-corrected chi connectivity index (χ0v) is 11.0. The molecule has 16 heavy (non-hydrogen) atoms. The summed E-state index contributed by atoms with van der Waals surface area (Å²) in [5.41, 5.74) is 0.780. The van der Waals surface area contributed by atoms with Crippen LogP contribution in [0.25, 0.3) is 0 Å². The lowest BCUT2D eigenvalue weighted by Gasteiger charge is -2.18. The SMILES string of the molecule is COCC(C)C(O)Cc1cc(F)cc(Br)c1. The van der Waals surface area contributed by atoms with Crippen LogP contribution in [-0.2, 0) is 11.2 Å². The van der Waals surface area contributed by atoms with Crippen LogP contribution in [0.4, 0.5) is 4.39 Å². The molecule has 0 aromatic heterocycles. The minimum atomic E-state index is -0.520. The highest BCUT2D eigenvalue weighted by Crippen LogP contribution is 2.18. The van der Waals surface area contributed by atoms with E-state index in [0.29, 0.717) is 17.5 Å². The summed E-state index contributed by atoms with van der Waals surface area (Å²) < 4.78 is 18.7. The molecule has 0 saturated heterocycles. The molecule has 1 aromatic rings. The zero-order valence-electron chi connectivity index (χ0n) is 9.41. The molecule has 0 spiro atoms. The normalized spacial score (nSPS) is 14.8. The van der Waals surface area contributed by atoms with Crippen LogP contribution in [0.1, 0.15) is 12.5 Å². The fourth-order valence-corrected chi connectivity index (χ4v) is 2.06. The fraction of sp³-hybridized carbons (Fsp3) is 0.500. The summed E-state index contributed by atoms with van der Waals surface area (Å²) in [6.45, 7) is 2.40. The smallest absolute Gasteiger partial charge is 0.124 e. The third kappa shape index (κ3) is 4.20. The van der Waals surface area contributed by atoms with Crippen molar-refractivity contribution in [3.63, 3.8) is 0 Å². The van der Waals surface area contributed by atoms with E-state index in [-0.39, 0.29) is 11.7 Å². The standard InChI is InChI=1S/C12H16BrFO2/c1-8(7-16-2)12(15)5-9-3-10(13)6-11(14)4-9/h3-4,6,8,12,15H,5,7H2,1-2H3. The number of hydrogen-bond acceptors (Lipinski definition) is 2. The van der Waals surface area contributed by atoms with Crippen molar-refractivity contribution in [2.45, 2.75) is 19.4 Å². The second-order valence-corrected chi connectivity index (χ2v) is 4.90. The van der Waals surface area contributed by atoms with Crippen molar-refractivity contribution in [3.05, 3.63) is 34.1 Å². The van der Waals surface area contributed by atoms with E-state index >= 15 is 0 Å². The monoisotopic (exact) mass is 290 g/mol. The lowest BCUT2D eigenvalue weighted by molar-refractivity contribution is 0.0574. The zero-order chi connectivity index (χ0) is 12.1. The van der Waals surface area contributed by atoms with Crippen molar-refractivity contribution in [2.75, 3.05) is 13.7 Å². The quantitative estimate of drug-likeness (QED) is 0.904. The first-order valence-electron chi connectivity index (χ1n) is 5.15. The Kier molecular flexibility index (Phi) is 5.38. The molecular weight excluding hydrogens is 275 g/mol. The van der Waals surface area contributed by atoms with Gasteiger partial charge in [-0.3, -0.25) is 0 Å². The molecule has 0 heterocycles. The van der Waals surface area contributed by atoms with E-state index in [1.54, 1.807) is 7.11 Å². The molecule has 90 valence electrons. The topological polar surface area (TPSA) is 29.5 Å². The van der Waals surface area contributed by atoms with Gasteiger partial charge in [-0.1, -0.05) is 22.9 Å². The molecule has 1 rings (SSSR count). The van der Waals surface area contributed by atoms with Gasteiger partial charge in [0.1, 0.15) is 5.82 Å². The van der Waals surface area contributed by atoms with E-state index in [0.717, 1.165) is 5.56 Å². The maximum Gasteiger partial charge on any atom is 0.124 e. The maximum atomic E-state index is 13.1. The number of hydrogen-bond donors (Lipinski definition) is 1. The Hall–Kier alpha value is -0.450. The lowest BCUT2D eigenvalue weighted by atomic mass is 9.98. The number of halogens is 2. The molecule has 0 radical (unpaired) electrons. The van der Waals surface area contributed by atoms with Gasteiger partial charge >= 0.3 is 0 Å². The minimum Gasteiger partial charge on any atom is -0.392 e. The Balaban J connectivity index is 2.65.